The van der Waals surface area contributed by atoms with Crippen molar-refractivity contribution in [2.45, 2.75) is 13.5 Å². The molecule has 4 rings (SSSR count). The van der Waals surface area contributed by atoms with Crippen molar-refractivity contribution in [3.05, 3.63) is 77.0 Å². The van der Waals surface area contributed by atoms with Crippen molar-refractivity contribution in [3.8, 4) is 11.3 Å². The minimum Gasteiger partial charge on any atom is -0.285 e. The second-order valence-electron chi connectivity index (χ2n) is 5.66. The maximum Gasteiger partial charge on any atom is 0.237 e. The lowest BCUT2D eigenvalue weighted by Gasteiger charge is -2.16. The molecule has 4 nitrogen and oxygen atoms in total. The van der Waals surface area contributed by atoms with Gasteiger partial charge < -0.3 is 0 Å². The van der Waals surface area contributed by atoms with Gasteiger partial charge in [0.2, 0.25) is 11.6 Å². The van der Waals surface area contributed by atoms with Crippen LogP contribution in [-0.2, 0) is 6.54 Å². The van der Waals surface area contributed by atoms with Crippen LogP contribution < -0.4 is 0 Å². The number of hydrogen-bond donors (Lipinski definition) is 0. The quantitative estimate of drug-likeness (QED) is 0.683. The molecule has 0 radical (unpaired) electrons. The maximum atomic E-state index is 12.5. The molecule has 23 heavy (non-hydrogen) atoms. The minimum atomic E-state index is -0.462. The summed E-state index contributed by atoms with van der Waals surface area (Å²) in [7, 11) is 0. The second-order valence-corrected chi connectivity index (χ2v) is 5.66. The average Bonchev–Trinajstić information content (AvgIpc) is 2.90. The van der Waals surface area contributed by atoms with Gasteiger partial charge in [0.05, 0.1) is 23.5 Å². The van der Waals surface area contributed by atoms with Gasteiger partial charge >= 0.3 is 0 Å². The first-order valence-corrected chi connectivity index (χ1v) is 7.46. The Bertz CT molecular complexity index is 939. The van der Waals surface area contributed by atoms with Crippen LogP contribution in [0.4, 0.5) is 0 Å². The van der Waals surface area contributed by atoms with Gasteiger partial charge in [0.1, 0.15) is 0 Å². The second kappa shape index (κ2) is 5.02. The van der Waals surface area contributed by atoms with E-state index >= 15 is 0 Å². The van der Waals surface area contributed by atoms with Gasteiger partial charge in [0, 0.05) is 11.1 Å². The smallest absolute Gasteiger partial charge is 0.237 e. The zero-order chi connectivity index (χ0) is 16.0. The van der Waals surface area contributed by atoms with Crippen molar-refractivity contribution in [1.29, 1.82) is 0 Å². The largest absolute Gasteiger partial charge is 0.285 e. The van der Waals surface area contributed by atoms with Crippen LogP contribution in [-0.4, -0.2) is 21.3 Å². The summed E-state index contributed by atoms with van der Waals surface area (Å²) in [4.78, 5) is 24.8. The molecule has 0 bridgehead atoms. The predicted molar refractivity (Wildman–Crippen MR) is 86.6 cm³/mol. The lowest BCUT2D eigenvalue weighted by Crippen LogP contribution is -2.22. The summed E-state index contributed by atoms with van der Waals surface area (Å²) in [5.74, 6) is -0.911. The first-order valence-electron chi connectivity index (χ1n) is 7.46. The van der Waals surface area contributed by atoms with Crippen LogP contribution in [0.3, 0.4) is 0 Å². The summed E-state index contributed by atoms with van der Waals surface area (Å²) in [5.41, 5.74) is 4.11. The van der Waals surface area contributed by atoms with Crippen molar-refractivity contribution >= 4 is 11.6 Å². The van der Waals surface area contributed by atoms with Crippen LogP contribution in [0.15, 0.2) is 54.6 Å². The summed E-state index contributed by atoms with van der Waals surface area (Å²) in [6, 6.07) is 17.2. The van der Waals surface area contributed by atoms with Crippen LogP contribution in [0.5, 0.6) is 0 Å². The van der Waals surface area contributed by atoms with E-state index in [0.717, 1.165) is 16.8 Å². The monoisotopic (exact) mass is 302 g/mol. The van der Waals surface area contributed by atoms with E-state index in [9.17, 15) is 9.59 Å². The van der Waals surface area contributed by atoms with Gasteiger partial charge in [-0.3, -0.25) is 14.3 Å². The molecule has 112 valence electrons. The van der Waals surface area contributed by atoms with Gasteiger partial charge in [-0.25, -0.2) is 0 Å². The Morgan fingerprint density at radius 1 is 0.870 bits per heavy atom. The van der Waals surface area contributed by atoms with Gasteiger partial charge in [0.15, 0.2) is 0 Å². The first-order chi connectivity index (χ1) is 11.2. The standard InChI is InChI=1S/C19H14N2O2/c1-12-16-17(21(20-12)11-13-7-3-2-4-8-13)14-9-5-6-10-15(14)18(22)19(16)23/h2-10H,11H2,1H3. The number of rotatable bonds is 2. The van der Waals surface area contributed by atoms with Gasteiger partial charge in [0.25, 0.3) is 0 Å². The molecule has 1 heterocycles. The molecule has 1 aliphatic rings. The lowest BCUT2D eigenvalue weighted by molar-refractivity contribution is 0.0815. The van der Waals surface area contributed by atoms with E-state index in [-0.39, 0.29) is 0 Å². The van der Waals surface area contributed by atoms with Gasteiger partial charge in [-0.15, -0.1) is 0 Å². The molecule has 0 amide bonds. The van der Waals surface area contributed by atoms with Gasteiger partial charge in [-0.05, 0) is 12.5 Å². The topological polar surface area (TPSA) is 52.0 Å². The highest BCUT2D eigenvalue weighted by molar-refractivity contribution is 6.53. The van der Waals surface area contributed by atoms with Gasteiger partial charge in [-0.2, -0.15) is 5.10 Å². The molecule has 0 atom stereocenters. The molecule has 0 saturated heterocycles. The Balaban J connectivity index is 1.94. The molecule has 0 unspecified atom stereocenters. The Kier molecular flexibility index (Phi) is 2.98. The van der Waals surface area contributed by atoms with E-state index in [2.05, 4.69) is 5.10 Å². The summed E-state index contributed by atoms with van der Waals surface area (Å²) in [6.07, 6.45) is 0. The molecule has 4 heteroatoms. The number of hydrogen-bond acceptors (Lipinski definition) is 3. The highest BCUT2D eigenvalue weighted by Gasteiger charge is 2.35. The summed E-state index contributed by atoms with van der Waals surface area (Å²) in [5, 5.41) is 4.51. The predicted octanol–water partition coefficient (Wildman–Crippen LogP) is 3.29. The number of nitrogens with zero attached hydrogens (tertiary/aromatic N) is 2. The van der Waals surface area contributed by atoms with Crippen molar-refractivity contribution < 1.29 is 9.59 Å². The van der Waals surface area contributed by atoms with Crippen molar-refractivity contribution in [3.63, 3.8) is 0 Å². The summed E-state index contributed by atoms with van der Waals surface area (Å²) >= 11 is 0. The molecule has 0 spiro atoms. The number of carbonyl (C=O) groups excluding carboxylic acids is 2. The average molecular weight is 302 g/mol. The Hall–Kier alpha value is -3.01. The number of aromatic nitrogens is 2. The molecule has 0 saturated carbocycles. The third-order valence-electron chi connectivity index (χ3n) is 4.16. The van der Waals surface area contributed by atoms with Crippen molar-refractivity contribution in [2.24, 2.45) is 0 Å². The number of Topliss-reactive ketones (excluding diaryl/α,β-unsaturated/α-hetero) is 2. The van der Waals surface area contributed by atoms with E-state index in [1.165, 1.54) is 0 Å². The van der Waals surface area contributed by atoms with Crippen molar-refractivity contribution in [1.82, 2.24) is 9.78 Å². The van der Waals surface area contributed by atoms with E-state index in [1.54, 1.807) is 19.1 Å². The fourth-order valence-electron chi connectivity index (χ4n) is 3.12. The first kappa shape index (κ1) is 13.6. The van der Waals surface area contributed by atoms with E-state index in [4.69, 9.17) is 0 Å². The van der Waals surface area contributed by atoms with Crippen LogP contribution >= 0.6 is 0 Å². The maximum absolute atomic E-state index is 12.5. The van der Waals surface area contributed by atoms with E-state index in [0.29, 0.717) is 23.4 Å². The SMILES string of the molecule is Cc1nn(Cc2ccccc2)c2c1C(=O)C(=O)c1ccccc1-2. The molecular weight excluding hydrogens is 288 g/mol. The van der Waals surface area contributed by atoms with Gasteiger partial charge in [-0.1, -0.05) is 54.6 Å². The third kappa shape index (κ3) is 2.03. The normalized spacial score (nSPS) is 12.9. The molecule has 2 aromatic carbocycles. The Labute approximate surface area is 133 Å². The highest BCUT2D eigenvalue weighted by Crippen LogP contribution is 2.35. The zero-order valence-electron chi connectivity index (χ0n) is 12.6. The summed E-state index contributed by atoms with van der Waals surface area (Å²) < 4.78 is 1.82. The fourth-order valence-corrected chi connectivity index (χ4v) is 3.12. The van der Waals surface area contributed by atoms with Crippen LogP contribution in [0.25, 0.3) is 11.3 Å². The molecule has 0 N–H and O–H groups in total. The Morgan fingerprint density at radius 2 is 1.52 bits per heavy atom. The molecule has 3 aromatic rings. The fraction of sp³-hybridized carbons (Fsp3) is 0.105. The highest BCUT2D eigenvalue weighted by atomic mass is 16.2. The number of ketones is 2. The number of benzene rings is 2. The molecule has 0 aliphatic heterocycles. The molecular formula is C19H14N2O2. The van der Waals surface area contributed by atoms with Crippen LogP contribution in [0.2, 0.25) is 0 Å². The van der Waals surface area contributed by atoms with E-state index < -0.39 is 11.6 Å². The zero-order valence-corrected chi connectivity index (χ0v) is 12.6. The number of aryl methyl sites for hydroxylation is 1. The number of fused-ring (bicyclic) bond motifs is 3. The number of carbonyl (C=O) groups is 2. The molecule has 1 aliphatic carbocycles. The van der Waals surface area contributed by atoms with Crippen LogP contribution in [0, 0.1) is 6.92 Å². The van der Waals surface area contributed by atoms with Crippen molar-refractivity contribution in [2.75, 3.05) is 0 Å². The van der Waals surface area contributed by atoms with Crippen LogP contribution in [0.1, 0.15) is 32.0 Å². The Morgan fingerprint density at radius 3 is 2.26 bits per heavy atom. The molecule has 0 fully saturated rings. The summed E-state index contributed by atoms with van der Waals surface area (Å²) in [6.45, 7) is 2.34. The van der Waals surface area contributed by atoms with E-state index in [1.807, 2.05) is 47.1 Å². The minimum absolute atomic E-state index is 0.435. The lowest BCUT2D eigenvalue weighted by atomic mass is 9.87. The third-order valence-corrected chi connectivity index (χ3v) is 4.16. The molecule has 1 aromatic heterocycles.